The number of benzene rings is 1. The molecule has 0 bridgehead atoms. The Bertz CT molecular complexity index is 560. The molecule has 19 heavy (non-hydrogen) atoms. The van der Waals surface area contributed by atoms with Crippen LogP contribution in [0.3, 0.4) is 0 Å². The van der Waals surface area contributed by atoms with Gasteiger partial charge in [-0.15, -0.1) is 0 Å². The highest BCUT2D eigenvalue weighted by Crippen LogP contribution is 2.35. The summed E-state index contributed by atoms with van der Waals surface area (Å²) >= 11 is 0. The normalized spacial score (nSPS) is 21.9. The standard InChI is InChI=1S/C14H12O5/c1-9-8-11(15)19-14(9,13(17)18-2)12(16)10-6-4-3-5-7-10/h3-7H,1,8H2,2H3. The van der Waals surface area contributed by atoms with Gasteiger partial charge in [0.1, 0.15) is 0 Å². The Kier molecular flexibility index (Phi) is 3.21. The van der Waals surface area contributed by atoms with E-state index in [1.807, 2.05) is 0 Å². The summed E-state index contributed by atoms with van der Waals surface area (Å²) in [6.45, 7) is 3.61. The Hall–Kier alpha value is -2.43. The van der Waals surface area contributed by atoms with Gasteiger partial charge in [-0.25, -0.2) is 4.79 Å². The lowest BCUT2D eigenvalue weighted by atomic mass is 9.86. The van der Waals surface area contributed by atoms with Crippen LogP contribution in [-0.2, 0) is 19.1 Å². The predicted octanol–water partition coefficient (Wildman–Crippen LogP) is 1.28. The zero-order valence-corrected chi connectivity index (χ0v) is 10.3. The van der Waals surface area contributed by atoms with Gasteiger partial charge in [0.05, 0.1) is 13.5 Å². The van der Waals surface area contributed by atoms with Crippen LogP contribution in [0.15, 0.2) is 42.5 Å². The number of hydrogen-bond acceptors (Lipinski definition) is 5. The second-order valence-electron chi connectivity index (χ2n) is 4.12. The number of carbonyl (C=O) groups excluding carboxylic acids is 3. The molecule has 1 aromatic carbocycles. The van der Waals surface area contributed by atoms with Gasteiger partial charge in [0.2, 0.25) is 5.78 Å². The van der Waals surface area contributed by atoms with Crippen LogP contribution >= 0.6 is 0 Å². The number of carbonyl (C=O) groups is 3. The lowest BCUT2D eigenvalue weighted by molar-refractivity contribution is -0.164. The van der Waals surface area contributed by atoms with Crippen LogP contribution in [0.5, 0.6) is 0 Å². The number of cyclic esters (lactones) is 1. The number of methoxy groups -OCH3 is 1. The summed E-state index contributed by atoms with van der Waals surface area (Å²) in [5.74, 6) is -2.24. The minimum Gasteiger partial charge on any atom is -0.465 e. The largest absolute Gasteiger partial charge is 0.465 e. The molecule has 1 aromatic rings. The zero-order valence-electron chi connectivity index (χ0n) is 10.3. The summed E-state index contributed by atoms with van der Waals surface area (Å²) in [5.41, 5.74) is -1.70. The molecule has 1 saturated heterocycles. The maximum absolute atomic E-state index is 12.5. The van der Waals surface area contributed by atoms with Crippen molar-refractivity contribution in [1.29, 1.82) is 0 Å². The highest BCUT2D eigenvalue weighted by Gasteiger charge is 2.57. The Morgan fingerprint density at radius 2 is 1.95 bits per heavy atom. The van der Waals surface area contributed by atoms with Gasteiger partial charge in [-0.3, -0.25) is 9.59 Å². The third-order valence-corrected chi connectivity index (χ3v) is 2.95. The van der Waals surface area contributed by atoms with Gasteiger partial charge in [0.25, 0.3) is 5.60 Å². The summed E-state index contributed by atoms with van der Waals surface area (Å²) in [5, 5.41) is 0. The number of rotatable bonds is 3. The SMILES string of the molecule is C=C1CC(=O)OC1(C(=O)OC)C(=O)c1ccccc1. The summed E-state index contributed by atoms with van der Waals surface area (Å²) < 4.78 is 9.57. The lowest BCUT2D eigenvalue weighted by Gasteiger charge is -2.24. The molecule has 2 rings (SSSR count). The fourth-order valence-corrected chi connectivity index (χ4v) is 2.00. The van der Waals surface area contributed by atoms with Gasteiger partial charge in [-0.05, 0) is 5.57 Å². The number of ether oxygens (including phenoxy) is 2. The van der Waals surface area contributed by atoms with Gasteiger partial charge >= 0.3 is 11.9 Å². The van der Waals surface area contributed by atoms with E-state index in [1.54, 1.807) is 18.2 Å². The Morgan fingerprint density at radius 3 is 2.42 bits per heavy atom. The maximum atomic E-state index is 12.5. The minimum absolute atomic E-state index is 0.0956. The fraction of sp³-hybridized carbons (Fsp3) is 0.214. The van der Waals surface area contributed by atoms with Crippen LogP contribution in [0.25, 0.3) is 0 Å². The van der Waals surface area contributed by atoms with E-state index >= 15 is 0 Å². The van der Waals surface area contributed by atoms with Crippen molar-refractivity contribution < 1.29 is 23.9 Å². The molecule has 1 aliphatic heterocycles. The van der Waals surface area contributed by atoms with Crippen LogP contribution in [0.2, 0.25) is 0 Å². The average Bonchev–Trinajstić information content (AvgIpc) is 2.73. The molecule has 1 fully saturated rings. The molecule has 0 spiro atoms. The van der Waals surface area contributed by atoms with Gasteiger partial charge in [-0.1, -0.05) is 36.9 Å². The van der Waals surface area contributed by atoms with Crippen molar-refractivity contribution in [3.8, 4) is 0 Å². The highest BCUT2D eigenvalue weighted by atomic mass is 16.6. The number of hydrogen-bond donors (Lipinski definition) is 0. The second kappa shape index (κ2) is 4.68. The molecule has 0 amide bonds. The maximum Gasteiger partial charge on any atom is 0.363 e. The van der Waals surface area contributed by atoms with E-state index in [1.165, 1.54) is 12.1 Å². The molecule has 5 nitrogen and oxygen atoms in total. The molecule has 0 radical (unpaired) electrons. The van der Waals surface area contributed by atoms with Crippen LogP contribution < -0.4 is 0 Å². The summed E-state index contributed by atoms with van der Waals surface area (Å²) in [6.07, 6.45) is -0.173. The van der Waals surface area contributed by atoms with Crippen LogP contribution in [-0.4, -0.2) is 30.4 Å². The molecule has 0 aliphatic carbocycles. The zero-order chi connectivity index (χ0) is 14.0. The van der Waals surface area contributed by atoms with E-state index < -0.39 is 23.3 Å². The molecular weight excluding hydrogens is 248 g/mol. The van der Waals surface area contributed by atoms with Crippen molar-refractivity contribution in [1.82, 2.24) is 0 Å². The topological polar surface area (TPSA) is 69.7 Å². The van der Waals surface area contributed by atoms with Crippen molar-refractivity contribution in [2.75, 3.05) is 7.11 Å². The Balaban J connectivity index is 2.51. The van der Waals surface area contributed by atoms with Crippen molar-refractivity contribution in [3.05, 3.63) is 48.0 Å². The molecule has 1 aliphatic rings. The Morgan fingerprint density at radius 1 is 1.32 bits per heavy atom. The molecule has 0 aromatic heterocycles. The molecule has 0 saturated carbocycles. The number of Topliss-reactive ketones (excluding diaryl/α,β-unsaturated/α-hetero) is 1. The second-order valence-corrected chi connectivity index (χ2v) is 4.12. The minimum atomic E-state index is -2.05. The average molecular weight is 260 g/mol. The van der Waals surface area contributed by atoms with Crippen molar-refractivity contribution in [3.63, 3.8) is 0 Å². The van der Waals surface area contributed by atoms with Crippen molar-refractivity contribution >= 4 is 17.7 Å². The van der Waals surface area contributed by atoms with E-state index in [-0.39, 0.29) is 17.6 Å². The molecule has 0 N–H and O–H groups in total. The van der Waals surface area contributed by atoms with Crippen molar-refractivity contribution in [2.24, 2.45) is 0 Å². The quantitative estimate of drug-likeness (QED) is 0.354. The number of esters is 2. The van der Waals surface area contributed by atoms with Gasteiger partial charge in [-0.2, -0.15) is 0 Å². The smallest absolute Gasteiger partial charge is 0.363 e. The fourth-order valence-electron chi connectivity index (χ4n) is 2.00. The van der Waals surface area contributed by atoms with Gasteiger partial charge in [0, 0.05) is 5.56 Å². The summed E-state index contributed by atoms with van der Waals surface area (Å²) in [6, 6.07) is 8.10. The molecule has 98 valence electrons. The molecule has 5 heteroatoms. The summed E-state index contributed by atoms with van der Waals surface area (Å²) in [7, 11) is 1.13. The number of ketones is 1. The van der Waals surface area contributed by atoms with Crippen molar-refractivity contribution in [2.45, 2.75) is 12.0 Å². The molecule has 1 atom stereocenters. The van der Waals surface area contributed by atoms with E-state index in [0.29, 0.717) is 0 Å². The van der Waals surface area contributed by atoms with E-state index in [4.69, 9.17) is 4.74 Å². The van der Waals surface area contributed by atoms with Crippen LogP contribution in [0.1, 0.15) is 16.8 Å². The molecule has 1 unspecified atom stereocenters. The summed E-state index contributed by atoms with van der Waals surface area (Å²) in [4.78, 5) is 35.8. The van der Waals surface area contributed by atoms with E-state index in [9.17, 15) is 14.4 Å². The van der Waals surface area contributed by atoms with E-state index in [0.717, 1.165) is 7.11 Å². The first-order valence-electron chi connectivity index (χ1n) is 5.60. The Labute approximate surface area is 109 Å². The van der Waals surface area contributed by atoms with Crippen LogP contribution in [0.4, 0.5) is 0 Å². The highest BCUT2D eigenvalue weighted by molar-refractivity contribution is 6.20. The predicted molar refractivity (Wildman–Crippen MR) is 65.4 cm³/mol. The first-order valence-corrected chi connectivity index (χ1v) is 5.60. The first-order chi connectivity index (χ1) is 9.02. The first kappa shape index (κ1) is 13.0. The third-order valence-electron chi connectivity index (χ3n) is 2.95. The molecular formula is C14H12O5. The molecule has 1 heterocycles. The monoisotopic (exact) mass is 260 g/mol. The third kappa shape index (κ3) is 1.93. The lowest BCUT2D eigenvalue weighted by Crippen LogP contribution is -2.48. The van der Waals surface area contributed by atoms with Crippen LogP contribution in [0, 0.1) is 0 Å². The van der Waals surface area contributed by atoms with Gasteiger partial charge in [0.15, 0.2) is 0 Å². The van der Waals surface area contributed by atoms with E-state index in [2.05, 4.69) is 11.3 Å². The van der Waals surface area contributed by atoms with Gasteiger partial charge < -0.3 is 9.47 Å².